The van der Waals surface area contributed by atoms with Gasteiger partial charge in [-0.15, -0.1) is 0 Å². The van der Waals surface area contributed by atoms with Crippen molar-refractivity contribution in [1.29, 1.82) is 0 Å². The van der Waals surface area contributed by atoms with E-state index in [0.29, 0.717) is 0 Å². The minimum Gasteiger partial charge on any atom is -0.481 e. The third-order valence-electron chi connectivity index (χ3n) is 4.91. The number of carboxylic acids is 2. The molecule has 4 nitrogen and oxygen atoms in total. The van der Waals surface area contributed by atoms with Gasteiger partial charge in [-0.25, -0.2) is 0 Å². The second-order valence-electron chi connectivity index (χ2n) is 6.68. The molecule has 0 radical (unpaired) electrons. The highest BCUT2D eigenvalue weighted by Crippen LogP contribution is 2.33. The topological polar surface area (TPSA) is 74.6 Å². The first kappa shape index (κ1) is 21.9. The molecule has 0 bridgehead atoms. The van der Waals surface area contributed by atoms with Crippen LogP contribution in [0.5, 0.6) is 0 Å². The Bertz CT molecular complexity index is 313. The third kappa shape index (κ3) is 8.97. The predicted octanol–water partition coefficient (Wildman–Crippen LogP) is 5.36. The van der Waals surface area contributed by atoms with Crippen molar-refractivity contribution >= 4 is 11.9 Å². The van der Waals surface area contributed by atoms with E-state index < -0.39 is 17.9 Å². The van der Waals surface area contributed by atoms with E-state index in [0.717, 1.165) is 57.8 Å². The highest BCUT2D eigenvalue weighted by molar-refractivity contribution is 5.93. The maximum atomic E-state index is 11.5. The Balaban J connectivity index is 4.86. The Morgan fingerprint density at radius 3 is 1.70 bits per heavy atom. The summed E-state index contributed by atoms with van der Waals surface area (Å²) >= 11 is 0. The maximum absolute atomic E-state index is 11.5. The van der Waals surface area contributed by atoms with Gasteiger partial charge in [-0.3, -0.25) is 9.59 Å². The van der Waals surface area contributed by atoms with Gasteiger partial charge in [-0.1, -0.05) is 85.0 Å². The normalized spacial score (nSPS) is 13.9. The molecule has 4 heteroatoms. The lowest BCUT2D eigenvalue weighted by Crippen LogP contribution is -2.35. The van der Waals surface area contributed by atoms with E-state index in [-0.39, 0.29) is 11.8 Å². The molecule has 0 saturated heterocycles. The first-order chi connectivity index (χ1) is 11.0. The molecule has 0 aliphatic rings. The summed E-state index contributed by atoms with van der Waals surface area (Å²) in [5.74, 6) is -3.65. The number of hydrogen-bond acceptors (Lipinski definition) is 2. The van der Waals surface area contributed by atoms with Crippen LogP contribution in [-0.4, -0.2) is 22.2 Å². The first-order valence-electron chi connectivity index (χ1n) is 9.45. The van der Waals surface area contributed by atoms with Gasteiger partial charge in [-0.05, 0) is 18.3 Å². The Hall–Kier alpha value is -1.06. The number of carboxylic acid groups (broad SMARTS) is 2. The van der Waals surface area contributed by atoms with Crippen LogP contribution in [0.4, 0.5) is 0 Å². The summed E-state index contributed by atoms with van der Waals surface area (Å²) < 4.78 is 0. The number of carbonyl (C=O) groups is 2. The standard InChI is InChI=1S/C19H36O4/c1-4-7-9-10-12-14-16(17(18(20)21)19(22)23)15(6-3)13-11-8-5-2/h15-17H,4-14H2,1-3H3,(H,20,21)(H,22,23). The molecule has 0 aromatic heterocycles. The fourth-order valence-electron chi connectivity index (χ4n) is 3.51. The molecule has 136 valence electrons. The molecule has 0 aromatic carbocycles. The molecule has 2 atom stereocenters. The van der Waals surface area contributed by atoms with E-state index in [9.17, 15) is 19.8 Å². The van der Waals surface area contributed by atoms with Crippen LogP contribution in [0.2, 0.25) is 0 Å². The number of aliphatic carboxylic acids is 2. The lowest BCUT2D eigenvalue weighted by atomic mass is 9.74. The van der Waals surface area contributed by atoms with Gasteiger partial charge >= 0.3 is 11.9 Å². The van der Waals surface area contributed by atoms with Gasteiger partial charge in [0.25, 0.3) is 0 Å². The molecule has 0 rings (SSSR count). The van der Waals surface area contributed by atoms with E-state index in [1.807, 2.05) is 0 Å². The molecule has 0 aliphatic carbocycles. The van der Waals surface area contributed by atoms with Crippen molar-refractivity contribution in [2.75, 3.05) is 0 Å². The molecule has 2 unspecified atom stereocenters. The lowest BCUT2D eigenvalue weighted by molar-refractivity contribution is -0.158. The highest BCUT2D eigenvalue weighted by atomic mass is 16.4. The second kappa shape index (κ2) is 13.4. The van der Waals surface area contributed by atoms with Crippen molar-refractivity contribution < 1.29 is 19.8 Å². The van der Waals surface area contributed by atoms with Crippen LogP contribution in [0.25, 0.3) is 0 Å². The zero-order valence-corrected chi connectivity index (χ0v) is 15.2. The van der Waals surface area contributed by atoms with Crippen molar-refractivity contribution in [2.45, 2.75) is 91.4 Å². The van der Waals surface area contributed by atoms with Crippen LogP contribution in [0, 0.1) is 17.8 Å². The quantitative estimate of drug-likeness (QED) is 0.314. The monoisotopic (exact) mass is 328 g/mol. The van der Waals surface area contributed by atoms with Crippen LogP contribution in [0.3, 0.4) is 0 Å². The van der Waals surface area contributed by atoms with E-state index >= 15 is 0 Å². The Morgan fingerprint density at radius 2 is 1.22 bits per heavy atom. The van der Waals surface area contributed by atoms with Crippen molar-refractivity contribution in [3.63, 3.8) is 0 Å². The second-order valence-corrected chi connectivity index (χ2v) is 6.68. The average Bonchev–Trinajstić information content (AvgIpc) is 2.49. The number of unbranched alkanes of at least 4 members (excludes halogenated alkanes) is 6. The molecule has 0 saturated carbocycles. The minimum absolute atomic E-state index is 0.199. The first-order valence-corrected chi connectivity index (χ1v) is 9.45. The third-order valence-corrected chi connectivity index (χ3v) is 4.91. The van der Waals surface area contributed by atoms with Gasteiger partial charge < -0.3 is 10.2 Å². The molecule has 0 heterocycles. The van der Waals surface area contributed by atoms with Crippen molar-refractivity contribution in [2.24, 2.45) is 17.8 Å². The summed E-state index contributed by atoms with van der Waals surface area (Å²) in [7, 11) is 0. The fraction of sp³-hybridized carbons (Fsp3) is 0.895. The summed E-state index contributed by atoms with van der Waals surface area (Å²) in [5.41, 5.74) is 0. The van der Waals surface area contributed by atoms with Gasteiger partial charge in [0.15, 0.2) is 5.92 Å². The van der Waals surface area contributed by atoms with Crippen molar-refractivity contribution in [3.8, 4) is 0 Å². The number of hydrogen-bond donors (Lipinski definition) is 2. The summed E-state index contributed by atoms with van der Waals surface area (Å²) in [4.78, 5) is 23.0. The Morgan fingerprint density at radius 1 is 0.739 bits per heavy atom. The predicted molar refractivity (Wildman–Crippen MR) is 93.6 cm³/mol. The van der Waals surface area contributed by atoms with E-state index in [4.69, 9.17) is 0 Å². The van der Waals surface area contributed by atoms with Crippen LogP contribution in [-0.2, 0) is 9.59 Å². The van der Waals surface area contributed by atoms with Crippen LogP contribution >= 0.6 is 0 Å². The van der Waals surface area contributed by atoms with Crippen LogP contribution in [0.1, 0.15) is 91.4 Å². The zero-order valence-electron chi connectivity index (χ0n) is 15.2. The maximum Gasteiger partial charge on any atom is 0.318 e. The molecular formula is C19H36O4. The summed E-state index contributed by atoms with van der Waals surface area (Å²) in [6.07, 6.45) is 11.4. The molecule has 0 fully saturated rings. The number of rotatable bonds is 15. The van der Waals surface area contributed by atoms with Crippen molar-refractivity contribution in [3.05, 3.63) is 0 Å². The van der Waals surface area contributed by atoms with Gasteiger partial charge in [0.1, 0.15) is 0 Å². The molecule has 0 aliphatic heterocycles. The molecule has 23 heavy (non-hydrogen) atoms. The van der Waals surface area contributed by atoms with Crippen LogP contribution in [0.15, 0.2) is 0 Å². The largest absolute Gasteiger partial charge is 0.481 e. The van der Waals surface area contributed by atoms with Gasteiger partial charge in [-0.2, -0.15) is 0 Å². The smallest absolute Gasteiger partial charge is 0.318 e. The zero-order chi connectivity index (χ0) is 17.7. The molecule has 2 N–H and O–H groups in total. The average molecular weight is 328 g/mol. The molecular weight excluding hydrogens is 292 g/mol. The van der Waals surface area contributed by atoms with Crippen LogP contribution < -0.4 is 0 Å². The van der Waals surface area contributed by atoms with E-state index in [1.165, 1.54) is 12.8 Å². The van der Waals surface area contributed by atoms with Gasteiger partial charge in [0.2, 0.25) is 0 Å². The SMILES string of the molecule is CCCCCCCC(C(CC)CCCCC)C(C(=O)O)C(=O)O. The van der Waals surface area contributed by atoms with Gasteiger partial charge in [0, 0.05) is 0 Å². The van der Waals surface area contributed by atoms with Gasteiger partial charge in [0.05, 0.1) is 0 Å². The highest BCUT2D eigenvalue weighted by Gasteiger charge is 2.38. The van der Waals surface area contributed by atoms with E-state index in [1.54, 1.807) is 0 Å². The summed E-state index contributed by atoms with van der Waals surface area (Å²) in [6, 6.07) is 0. The molecule has 0 aromatic rings. The minimum atomic E-state index is -1.26. The molecule has 0 amide bonds. The molecule has 0 spiro atoms. The Labute approximate surface area is 141 Å². The fourth-order valence-corrected chi connectivity index (χ4v) is 3.51. The lowest BCUT2D eigenvalue weighted by Gasteiger charge is -2.29. The van der Waals surface area contributed by atoms with E-state index in [2.05, 4.69) is 20.8 Å². The summed E-state index contributed by atoms with van der Waals surface area (Å²) in [6.45, 7) is 6.36. The summed E-state index contributed by atoms with van der Waals surface area (Å²) in [5, 5.41) is 18.8. The Kier molecular flexibility index (Phi) is 12.8. The van der Waals surface area contributed by atoms with Crippen molar-refractivity contribution in [1.82, 2.24) is 0 Å².